The van der Waals surface area contributed by atoms with Crippen molar-refractivity contribution < 1.29 is 22.3 Å². The summed E-state index contributed by atoms with van der Waals surface area (Å²) in [5.74, 6) is -1.36. The first-order valence-electron chi connectivity index (χ1n) is 4.89. The predicted molar refractivity (Wildman–Crippen MR) is 71.3 cm³/mol. The molecule has 0 unspecified atom stereocenters. The number of benzene rings is 1. The van der Waals surface area contributed by atoms with Crippen molar-refractivity contribution in [2.45, 2.75) is 4.90 Å². The van der Waals surface area contributed by atoms with E-state index >= 15 is 0 Å². The second-order valence-electron chi connectivity index (χ2n) is 3.73. The van der Waals surface area contributed by atoms with Crippen LogP contribution in [0.4, 0.5) is 4.39 Å². The molecule has 0 spiro atoms. The van der Waals surface area contributed by atoms with Gasteiger partial charge in [-0.1, -0.05) is 0 Å². The summed E-state index contributed by atoms with van der Waals surface area (Å²) in [6, 6.07) is 1.83. The van der Waals surface area contributed by atoms with Gasteiger partial charge in [0.1, 0.15) is 16.5 Å². The number of rotatable bonds is 4. The molecular formula is C10H10BrClFNO4S. The number of nitrogens with zero attached hydrogens (tertiary/aromatic N) is 1. The van der Waals surface area contributed by atoms with Crippen LogP contribution in [0.15, 0.2) is 21.5 Å². The van der Waals surface area contributed by atoms with Crippen LogP contribution in [-0.2, 0) is 13.8 Å². The molecule has 0 saturated carbocycles. The van der Waals surface area contributed by atoms with Crippen LogP contribution in [0.5, 0.6) is 5.75 Å². The van der Waals surface area contributed by atoms with Gasteiger partial charge in [-0.15, -0.1) is 0 Å². The van der Waals surface area contributed by atoms with Crippen molar-refractivity contribution in [2.75, 3.05) is 20.7 Å². The predicted octanol–water partition coefficient (Wildman–Crippen LogP) is 1.98. The second kappa shape index (κ2) is 6.06. The van der Waals surface area contributed by atoms with E-state index in [4.69, 9.17) is 15.4 Å². The highest BCUT2D eigenvalue weighted by Gasteiger charge is 2.19. The van der Waals surface area contributed by atoms with Gasteiger partial charge in [-0.2, -0.15) is 0 Å². The Morgan fingerprint density at radius 2 is 2.05 bits per heavy atom. The molecule has 1 amide bonds. The van der Waals surface area contributed by atoms with Crippen LogP contribution in [0.3, 0.4) is 0 Å². The number of carbonyl (C=O) groups excluding carboxylic acids is 1. The molecule has 19 heavy (non-hydrogen) atoms. The largest absolute Gasteiger partial charge is 0.482 e. The standard InChI is InChI=1S/C10H10BrClFNO4S/c1-14(2)10(15)5-18-8-4-7(13)9(3-6(8)11)19(12,16)17/h3-4H,5H2,1-2H3. The van der Waals surface area contributed by atoms with Gasteiger partial charge in [0.05, 0.1) is 4.47 Å². The molecule has 0 fully saturated rings. The molecule has 1 aromatic rings. The fraction of sp³-hybridized carbons (Fsp3) is 0.300. The zero-order valence-corrected chi connectivity index (χ0v) is 13.1. The van der Waals surface area contributed by atoms with Crippen LogP contribution in [0, 0.1) is 5.82 Å². The molecular weight excluding hydrogens is 365 g/mol. The maximum absolute atomic E-state index is 13.5. The Hall–Kier alpha value is -0.860. The van der Waals surface area contributed by atoms with Gasteiger partial charge in [0.2, 0.25) is 0 Å². The zero-order valence-electron chi connectivity index (χ0n) is 9.98. The molecule has 0 aliphatic carbocycles. The maximum Gasteiger partial charge on any atom is 0.264 e. The number of carbonyl (C=O) groups is 1. The van der Waals surface area contributed by atoms with Crippen molar-refractivity contribution in [3.8, 4) is 5.75 Å². The van der Waals surface area contributed by atoms with Crippen molar-refractivity contribution in [1.82, 2.24) is 4.90 Å². The number of hydrogen-bond donors (Lipinski definition) is 0. The molecule has 0 atom stereocenters. The molecule has 9 heteroatoms. The van der Waals surface area contributed by atoms with Crippen molar-refractivity contribution in [2.24, 2.45) is 0 Å². The Labute approximate surface area is 122 Å². The minimum Gasteiger partial charge on any atom is -0.482 e. The van der Waals surface area contributed by atoms with E-state index in [1.54, 1.807) is 14.1 Å². The van der Waals surface area contributed by atoms with Gasteiger partial charge >= 0.3 is 0 Å². The van der Waals surface area contributed by atoms with Gasteiger partial charge < -0.3 is 9.64 Å². The monoisotopic (exact) mass is 373 g/mol. The van der Waals surface area contributed by atoms with E-state index in [0.717, 1.165) is 12.1 Å². The molecule has 0 radical (unpaired) electrons. The van der Waals surface area contributed by atoms with Crippen molar-refractivity contribution in [1.29, 1.82) is 0 Å². The number of likely N-dealkylation sites (N-methyl/N-ethyl adjacent to an activating group) is 1. The van der Waals surface area contributed by atoms with E-state index in [1.165, 1.54) is 4.90 Å². The molecule has 0 aliphatic heterocycles. The molecule has 106 valence electrons. The first-order chi connectivity index (χ1) is 8.62. The van der Waals surface area contributed by atoms with Crippen LogP contribution in [0.1, 0.15) is 0 Å². The van der Waals surface area contributed by atoms with Crippen molar-refractivity contribution in [3.63, 3.8) is 0 Å². The van der Waals surface area contributed by atoms with Crippen molar-refractivity contribution >= 4 is 41.6 Å². The summed E-state index contributed by atoms with van der Waals surface area (Å²) in [7, 11) is 3.98. The van der Waals surface area contributed by atoms with Crippen LogP contribution >= 0.6 is 26.6 Å². The Morgan fingerprint density at radius 1 is 1.47 bits per heavy atom. The second-order valence-corrected chi connectivity index (χ2v) is 7.12. The zero-order chi connectivity index (χ0) is 14.8. The number of ether oxygens (including phenoxy) is 1. The average Bonchev–Trinajstić information content (AvgIpc) is 2.27. The SMILES string of the molecule is CN(C)C(=O)COc1cc(F)c(S(=O)(=O)Cl)cc1Br. The Balaban J connectivity index is 3.00. The summed E-state index contributed by atoms with van der Waals surface area (Å²) in [5, 5.41) is 0. The third kappa shape index (κ3) is 4.32. The van der Waals surface area contributed by atoms with Gasteiger partial charge in [0.25, 0.3) is 15.0 Å². The number of amides is 1. The minimum absolute atomic E-state index is 0.0109. The lowest BCUT2D eigenvalue weighted by Crippen LogP contribution is -2.27. The van der Waals surface area contributed by atoms with Gasteiger partial charge in [-0.05, 0) is 22.0 Å². The van der Waals surface area contributed by atoms with E-state index in [9.17, 15) is 17.6 Å². The molecule has 0 aliphatic rings. The first-order valence-corrected chi connectivity index (χ1v) is 8.00. The third-order valence-electron chi connectivity index (χ3n) is 2.10. The average molecular weight is 375 g/mol. The highest BCUT2D eigenvalue weighted by Crippen LogP contribution is 2.31. The lowest BCUT2D eigenvalue weighted by molar-refractivity contribution is -0.130. The van der Waals surface area contributed by atoms with E-state index in [0.29, 0.717) is 0 Å². The maximum atomic E-state index is 13.5. The highest BCUT2D eigenvalue weighted by atomic mass is 79.9. The highest BCUT2D eigenvalue weighted by molar-refractivity contribution is 9.10. The summed E-state index contributed by atoms with van der Waals surface area (Å²) in [5.41, 5.74) is 0. The summed E-state index contributed by atoms with van der Waals surface area (Å²) in [6.07, 6.45) is 0. The molecule has 0 bridgehead atoms. The normalized spacial score (nSPS) is 11.2. The smallest absolute Gasteiger partial charge is 0.264 e. The summed E-state index contributed by atoms with van der Waals surface area (Å²) in [4.78, 5) is 12.0. The van der Waals surface area contributed by atoms with Gasteiger partial charge in [0, 0.05) is 30.8 Å². The minimum atomic E-state index is -4.18. The fourth-order valence-electron chi connectivity index (χ4n) is 1.08. The quantitative estimate of drug-likeness (QED) is 0.756. The van der Waals surface area contributed by atoms with Crippen LogP contribution < -0.4 is 4.74 Å². The lowest BCUT2D eigenvalue weighted by Gasteiger charge is -2.13. The molecule has 1 rings (SSSR count). The molecule has 0 saturated heterocycles. The van der Waals surface area contributed by atoms with Crippen LogP contribution in [0.25, 0.3) is 0 Å². The van der Waals surface area contributed by atoms with Crippen LogP contribution in [-0.4, -0.2) is 39.9 Å². The van der Waals surface area contributed by atoms with Crippen LogP contribution in [0.2, 0.25) is 0 Å². The molecule has 5 nitrogen and oxygen atoms in total. The van der Waals surface area contributed by atoms with E-state index in [-0.39, 0.29) is 22.7 Å². The third-order valence-corrected chi connectivity index (χ3v) is 4.06. The van der Waals surface area contributed by atoms with E-state index in [2.05, 4.69) is 15.9 Å². The lowest BCUT2D eigenvalue weighted by atomic mass is 10.3. The Morgan fingerprint density at radius 3 is 2.53 bits per heavy atom. The van der Waals surface area contributed by atoms with E-state index in [1.807, 2.05) is 0 Å². The van der Waals surface area contributed by atoms with Gasteiger partial charge in [-0.3, -0.25) is 4.79 Å². The van der Waals surface area contributed by atoms with E-state index < -0.39 is 19.8 Å². The Kier molecular flexibility index (Phi) is 5.17. The first kappa shape index (κ1) is 16.2. The summed E-state index contributed by atoms with van der Waals surface area (Å²) < 4.78 is 41.0. The van der Waals surface area contributed by atoms with Gasteiger partial charge in [-0.25, -0.2) is 12.8 Å². The molecule has 0 heterocycles. The molecule has 0 aromatic heterocycles. The topological polar surface area (TPSA) is 63.7 Å². The Bertz CT molecular complexity index is 606. The van der Waals surface area contributed by atoms with Crippen molar-refractivity contribution in [3.05, 3.63) is 22.4 Å². The van der Waals surface area contributed by atoms with Gasteiger partial charge in [0.15, 0.2) is 6.61 Å². The summed E-state index contributed by atoms with van der Waals surface area (Å²) >= 11 is 3.02. The summed E-state index contributed by atoms with van der Waals surface area (Å²) in [6.45, 7) is -0.294. The molecule has 1 aromatic carbocycles. The molecule has 0 N–H and O–H groups in total. The number of halogens is 3. The number of hydrogen-bond acceptors (Lipinski definition) is 4. The fourth-order valence-corrected chi connectivity index (χ4v) is 2.59.